The molecule has 0 aliphatic heterocycles. The Morgan fingerprint density at radius 2 is 2.00 bits per heavy atom. The highest BCUT2D eigenvalue weighted by Gasteiger charge is 2.20. The van der Waals surface area contributed by atoms with Crippen molar-refractivity contribution in [2.75, 3.05) is 20.3 Å². The summed E-state index contributed by atoms with van der Waals surface area (Å²) >= 11 is 0. The van der Waals surface area contributed by atoms with Crippen LogP contribution in [0.25, 0.3) is 0 Å². The van der Waals surface area contributed by atoms with Crippen molar-refractivity contribution < 1.29 is 32.8 Å². The fraction of sp³-hybridized carbons (Fsp3) is 0.333. The molecule has 0 saturated carbocycles. The van der Waals surface area contributed by atoms with Gasteiger partial charge in [-0.1, -0.05) is 0 Å². The predicted molar refractivity (Wildman–Crippen MR) is 68.2 cm³/mol. The van der Waals surface area contributed by atoms with Crippen molar-refractivity contribution in [1.82, 2.24) is 5.32 Å². The summed E-state index contributed by atoms with van der Waals surface area (Å²) in [5, 5.41) is 12.8. The summed E-state index contributed by atoms with van der Waals surface area (Å²) in [6.07, 6.45) is -0.0569. The minimum atomic E-state index is -1.35. The minimum Gasteiger partial charge on any atom is -0.480 e. The maximum atomic E-state index is 13.4. The van der Waals surface area contributed by atoms with E-state index >= 15 is 0 Å². The molecule has 0 heterocycles. The number of nitro benzene ring substituents is 1. The summed E-state index contributed by atoms with van der Waals surface area (Å²) in [5.74, 6) is -4.37. The molecule has 1 N–H and O–H groups in total. The smallest absolute Gasteiger partial charge is 0.308 e. The van der Waals surface area contributed by atoms with E-state index in [-0.39, 0.29) is 13.0 Å². The summed E-state index contributed by atoms with van der Waals surface area (Å²) in [6, 6.07) is 0.842. The molecule has 1 aromatic rings. The number of nitrogens with zero attached hydrogens (tertiary/aromatic N) is 1. The first kappa shape index (κ1) is 17.3. The topological polar surface area (TPSA) is 108 Å². The number of benzene rings is 1. The molecule has 0 fully saturated rings. The largest absolute Gasteiger partial charge is 0.480 e. The molecule has 10 heteroatoms. The van der Waals surface area contributed by atoms with E-state index in [1.54, 1.807) is 0 Å². The Bertz CT molecular complexity index is 593. The van der Waals surface area contributed by atoms with Crippen LogP contribution in [0.4, 0.5) is 14.5 Å². The lowest BCUT2D eigenvalue weighted by Crippen LogP contribution is -2.31. The number of carbonyl (C=O) groups is 2. The monoisotopic (exact) mass is 318 g/mol. The molecular weight excluding hydrogens is 306 g/mol. The molecular formula is C12H12F2N2O6. The molecule has 0 aliphatic rings. The number of amides is 1. The van der Waals surface area contributed by atoms with Crippen LogP contribution in [0.1, 0.15) is 6.42 Å². The predicted octanol–water partition coefficient (Wildman–Crippen LogP) is 0.931. The molecule has 1 amide bonds. The maximum absolute atomic E-state index is 13.4. The molecule has 0 bridgehead atoms. The number of nitrogens with one attached hydrogen (secondary N) is 1. The van der Waals surface area contributed by atoms with Crippen LogP contribution in [0, 0.1) is 21.7 Å². The number of halogens is 2. The molecule has 0 aromatic heterocycles. The Morgan fingerprint density at radius 3 is 2.59 bits per heavy atom. The summed E-state index contributed by atoms with van der Waals surface area (Å²) in [7, 11) is 1.19. The number of carbonyl (C=O) groups excluding carboxylic acids is 2. The average molecular weight is 318 g/mol. The molecule has 22 heavy (non-hydrogen) atoms. The molecule has 0 aliphatic carbocycles. The quantitative estimate of drug-likeness (QED) is 0.455. The fourth-order valence-electron chi connectivity index (χ4n) is 1.37. The third-order valence-corrected chi connectivity index (χ3v) is 2.44. The number of hydrogen-bond acceptors (Lipinski definition) is 6. The number of methoxy groups -OCH3 is 1. The Balaban J connectivity index is 2.57. The fourth-order valence-corrected chi connectivity index (χ4v) is 1.37. The first-order chi connectivity index (χ1) is 10.3. The van der Waals surface area contributed by atoms with Gasteiger partial charge in [-0.15, -0.1) is 0 Å². The van der Waals surface area contributed by atoms with E-state index in [1.807, 2.05) is 0 Å². The highest BCUT2D eigenvalue weighted by Crippen LogP contribution is 2.26. The zero-order valence-corrected chi connectivity index (χ0v) is 11.4. The van der Waals surface area contributed by atoms with E-state index < -0.39 is 46.5 Å². The van der Waals surface area contributed by atoms with Gasteiger partial charge in [0.2, 0.25) is 5.82 Å². The summed E-state index contributed by atoms with van der Waals surface area (Å²) in [5.41, 5.74) is -0.970. The van der Waals surface area contributed by atoms with Crippen molar-refractivity contribution in [3.8, 4) is 5.75 Å². The SMILES string of the molecule is COC(=O)CCNC(=O)COc1cc([N+](=O)[O-])c(F)cc1F. The Hall–Kier alpha value is -2.78. The zero-order chi connectivity index (χ0) is 16.7. The third kappa shape index (κ3) is 4.96. The Kier molecular flexibility index (Phi) is 6.17. The van der Waals surface area contributed by atoms with Crippen molar-refractivity contribution in [2.45, 2.75) is 6.42 Å². The molecule has 1 aromatic carbocycles. The van der Waals surface area contributed by atoms with Gasteiger partial charge in [-0.05, 0) is 0 Å². The third-order valence-electron chi connectivity index (χ3n) is 2.44. The van der Waals surface area contributed by atoms with Gasteiger partial charge in [-0.3, -0.25) is 19.7 Å². The maximum Gasteiger partial charge on any atom is 0.308 e. The first-order valence-electron chi connectivity index (χ1n) is 5.95. The molecule has 1 rings (SSSR count). The van der Waals surface area contributed by atoms with Gasteiger partial charge in [0.15, 0.2) is 18.2 Å². The van der Waals surface area contributed by atoms with Gasteiger partial charge in [0, 0.05) is 12.6 Å². The van der Waals surface area contributed by atoms with Crippen molar-refractivity contribution in [1.29, 1.82) is 0 Å². The van der Waals surface area contributed by atoms with E-state index in [0.717, 1.165) is 0 Å². The second-order valence-electron chi connectivity index (χ2n) is 3.96. The summed E-state index contributed by atoms with van der Waals surface area (Å²) < 4.78 is 35.6. The summed E-state index contributed by atoms with van der Waals surface area (Å²) in [6.45, 7) is -0.665. The standard InChI is InChI=1S/C12H12F2N2O6/c1-21-12(18)2-3-15-11(17)6-22-10-5-9(16(19)20)7(13)4-8(10)14/h4-5H,2-3,6H2,1H3,(H,15,17). The normalized spacial score (nSPS) is 9.95. The minimum absolute atomic E-state index is 0.0130. The number of rotatable bonds is 7. The molecule has 0 spiro atoms. The van der Waals surface area contributed by atoms with Gasteiger partial charge in [0.1, 0.15) is 0 Å². The van der Waals surface area contributed by atoms with E-state index in [1.165, 1.54) is 7.11 Å². The van der Waals surface area contributed by atoms with Gasteiger partial charge in [0.05, 0.1) is 24.5 Å². The van der Waals surface area contributed by atoms with E-state index in [4.69, 9.17) is 4.74 Å². The molecule has 0 unspecified atom stereocenters. The Morgan fingerprint density at radius 1 is 1.32 bits per heavy atom. The second-order valence-corrected chi connectivity index (χ2v) is 3.96. The van der Waals surface area contributed by atoms with Gasteiger partial charge in [0.25, 0.3) is 5.91 Å². The van der Waals surface area contributed by atoms with Crippen molar-refractivity contribution in [2.24, 2.45) is 0 Å². The average Bonchev–Trinajstić information content (AvgIpc) is 2.45. The van der Waals surface area contributed by atoms with Gasteiger partial charge in [-0.2, -0.15) is 4.39 Å². The van der Waals surface area contributed by atoms with Crippen LogP contribution >= 0.6 is 0 Å². The molecule has 0 saturated heterocycles. The van der Waals surface area contributed by atoms with Crippen LogP contribution in [0.2, 0.25) is 0 Å². The number of esters is 1. The molecule has 8 nitrogen and oxygen atoms in total. The van der Waals surface area contributed by atoms with E-state index in [0.29, 0.717) is 12.1 Å². The lowest BCUT2D eigenvalue weighted by Gasteiger charge is -2.08. The molecule has 120 valence electrons. The van der Waals surface area contributed by atoms with Crippen LogP contribution in [0.5, 0.6) is 5.75 Å². The van der Waals surface area contributed by atoms with Crippen LogP contribution in [0.3, 0.4) is 0 Å². The molecule has 0 radical (unpaired) electrons. The Labute approximate surface area is 123 Å². The van der Waals surface area contributed by atoms with Crippen LogP contribution in [-0.4, -0.2) is 37.1 Å². The number of nitro groups is 1. The van der Waals surface area contributed by atoms with Crippen LogP contribution in [0.15, 0.2) is 12.1 Å². The first-order valence-corrected chi connectivity index (χ1v) is 5.95. The van der Waals surface area contributed by atoms with Crippen molar-refractivity contribution in [3.05, 3.63) is 33.9 Å². The second kappa shape index (κ2) is 7.86. The van der Waals surface area contributed by atoms with Gasteiger partial charge < -0.3 is 14.8 Å². The highest BCUT2D eigenvalue weighted by atomic mass is 19.1. The van der Waals surface area contributed by atoms with Crippen molar-refractivity contribution >= 4 is 17.6 Å². The highest BCUT2D eigenvalue weighted by molar-refractivity contribution is 5.78. The number of hydrogen-bond donors (Lipinski definition) is 1. The van der Waals surface area contributed by atoms with Gasteiger partial charge >= 0.3 is 11.7 Å². The molecule has 0 atom stereocenters. The van der Waals surface area contributed by atoms with E-state index in [2.05, 4.69) is 10.1 Å². The number of ether oxygens (including phenoxy) is 2. The lowest BCUT2D eigenvalue weighted by molar-refractivity contribution is -0.387. The summed E-state index contributed by atoms with van der Waals surface area (Å²) in [4.78, 5) is 31.6. The zero-order valence-electron chi connectivity index (χ0n) is 11.4. The van der Waals surface area contributed by atoms with Crippen LogP contribution in [-0.2, 0) is 14.3 Å². The van der Waals surface area contributed by atoms with E-state index in [9.17, 15) is 28.5 Å². The van der Waals surface area contributed by atoms with Crippen molar-refractivity contribution in [3.63, 3.8) is 0 Å². The van der Waals surface area contributed by atoms with Gasteiger partial charge in [-0.25, -0.2) is 4.39 Å². The van der Waals surface area contributed by atoms with Crippen LogP contribution < -0.4 is 10.1 Å². The lowest BCUT2D eigenvalue weighted by atomic mass is 10.3.